The molecule has 0 spiro atoms. The number of pyridine rings is 1. The van der Waals surface area contributed by atoms with Crippen LogP contribution in [0.15, 0.2) is 24.4 Å². The summed E-state index contributed by atoms with van der Waals surface area (Å²) in [5, 5.41) is 9.40. The lowest BCUT2D eigenvalue weighted by molar-refractivity contribution is -0.0500. The fourth-order valence-electron chi connectivity index (χ4n) is 4.47. The second-order valence-electron chi connectivity index (χ2n) is 8.17. The maximum absolute atomic E-state index is 13.5. The van der Waals surface area contributed by atoms with Crippen molar-refractivity contribution in [3.8, 4) is 5.75 Å². The fraction of sp³-hybridized carbons (Fsp3) is 0.409. The third kappa shape index (κ3) is 4.22. The number of carbonyl (C=O) groups excluding carboxylic acids is 1. The SMILES string of the molecule is CCc1cc2c(cn1)CCC[C@@H]2N1CCc2c(OS(=O)(=O)C(F)(F)F)cc(C(=O)O)cc2C1=O. The largest absolute Gasteiger partial charge is 0.534 e. The summed E-state index contributed by atoms with van der Waals surface area (Å²) >= 11 is 0. The zero-order chi connectivity index (χ0) is 24.8. The highest BCUT2D eigenvalue weighted by atomic mass is 32.2. The molecule has 1 aliphatic carbocycles. The summed E-state index contributed by atoms with van der Waals surface area (Å²) in [6.07, 6.45) is 4.76. The van der Waals surface area contributed by atoms with Crippen LogP contribution < -0.4 is 4.18 Å². The highest BCUT2D eigenvalue weighted by Gasteiger charge is 2.49. The maximum atomic E-state index is 13.5. The zero-order valence-electron chi connectivity index (χ0n) is 18.1. The van der Waals surface area contributed by atoms with Gasteiger partial charge >= 0.3 is 21.6 Å². The van der Waals surface area contributed by atoms with Gasteiger partial charge in [0.05, 0.1) is 11.6 Å². The number of carboxylic acids is 1. The van der Waals surface area contributed by atoms with Crippen LogP contribution >= 0.6 is 0 Å². The van der Waals surface area contributed by atoms with Crippen molar-refractivity contribution in [1.29, 1.82) is 0 Å². The number of benzene rings is 1. The summed E-state index contributed by atoms with van der Waals surface area (Å²) in [6.45, 7) is 2.06. The second-order valence-corrected chi connectivity index (χ2v) is 9.71. The predicted octanol–water partition coefficient (Wildman–Crippen LogP) is 3.65. The van der Waals surface area contributed by atoms with Crippen LogP contribution in [-0.2, 0) is 29.4 Å². The van der Waals surface area contributed by atoms with E-state index in [0.717, 1.165) is 35.7 Å². The highest BCUT2D eigenvalue weighted by Crippen LogP contribution is 2.40. The number of fused-ring (bicyclic) bond motifs is 2. The minimum atomic E-state index is -6.05. The van der Waals surface area contributed by atoms with Crippen LogP contribution in [0.25, 0.3) is 0 Å². The molecule has 0 fully saturated rings. The van der Waals surface area contributed by atoms with E-state index in [0.29, 0.717) is 18.9 Å². The Morgan fingerprint density at radius 1 is 1.26 bits per heavy atom. The van der Waals surface area contributed by atoms with Crippen LogP contribution in [0.5, 0.6) is 5.75 Å². The number of aromatic nitrogens is 1. The lowest BCUT2D eigenvalue weighted by atomic mass is 9.85. The van der Waals surface area contributed by atoms with Crippen LogP contribution in [0.3, 0.4) is 0 Å². The Morgan fingerprint density at radius 3 is 2.65 bits per heavy atom. The predicted molar refractivity (Wildman–Crippen MR) is 113 cm³/mol. The maximum Gasteiger partial charge on any atom is 0.534 e. The summed E-state index contributed by atoms with van der Waals surface area (Å²) in [7, 11) is -6.05. The fourth-order valence-corrected chi connectivity index (χ4v) is 4.95. The number of carbonyl (C=O) groups is 2. The Kier molecular flexibility index (Phi) is 6.05. The van der Waals surface area contributed by atoms with E-state index in [1.54, 1.807) is 11.1 Å². The molecule has 0 bridgehead atoms. The van der Waals surface area contributed by atoms with E-state index < -0.39 is 38.8 Å². The molecule has 182 valence electrons. The molecule has 0 unspecified atom stereocenters. The molecule has 12 heteroatoms. The van der Waals surface area contributed by atoms with Gasteiger partial charge in [-0.15, -0.1) is 0 Å². The number of nitrogens with zero attached hydrogens (tertiary/aromatic N) is 2. The minimum Gasteiger partial charge on any atom is -0.478 e. The van der Waals surface area contributed by atoms with E-state index in [4.69, 9.17) is 0 Å². The topological polar surface area (TPSA) is 114 Å². The number of carboxylic acid groups (broad SMARTS) is 1. The second kappa shape index (κ2) is 8.57. The molecule has 0 radical (unpaired) electrons. The number of aromatic carboxylic acids is 1. The molecule has 8 nitrogen and oxygen atoms in total. The van der Waals surface area contributed by atoms with Crippen molar-refractivity contribution in [2.45, 2.75) is 50.6 Å². The highest BCUT2D eigenvalue weighted by molar-refractivity contribution is 7.88. The molecule has 1 amide bonds. The third-order valence-electron chi connectivity index (χ3n) is 6.13. The van der Waals surface area contributed by atoms with Crippen molar-refractivity contribution in [3.05, 3.63) is 57.9 Å². The molecule has 1 aromatic heterocycles. The Morgan fingerprint density at radius 2 is 2.00 bits per heavy atom. The number of hydrogen-bond donors (Lipinski definition) is 1. The number of amides is 1. The van der Waals surface area contributed by atoms with Crippen molar-refractivity contribution < 1.29 is 40.5 Å². The molecule has 0 saturated carbocycles. The molecule has 4 rings (SSSR count). The number of alkyl halides is 3. The summed E-state index contributed by atoms with van der Waals surface area (Å²) in [4.78, 5) is 31.0. The molecule has 1 aromatic carbocycles. The number of aryl methyl sites for hydroxylation is 2. The Labute approximate surface area is 193 Å². The number of hydrogen-bond acceptors (Lipinski definition) is 6. The monoisotopic (exact) mass is 498 g/mol. The van der Waals surface area contributed by atoms with E-state index >= 15 is 0 Å². The van der Waals surface area contributed by atoms with Gasteiger partial charge in [0, 0.05) is 29.6 Å². The normalized spacial score (nSPS) is 18.3. The molecule has 1 atom stereocenters. The first kappa shape index (κ1) is 24.0. The van der Waals surface area contributed by atoms with Crippen LogP contribution in [0.2, 0.25) is 0 Å². The third-order valence-corrected chi connectivity index (χ3v) is 7.10. The molecule has 0 saturated heterocycles. The first-order valence-electron chi connectivity index (χ1n) is 10.6. The van der Waals surface area contributed by atoms with Gasteiger partial charge in [-0.25, -0.2) is 4.79 Å². The zero-order valence-corrected chi connectivity index (χ0v) is 18.9. The van der Waals surface area contributed by atoms with E-state index in [-0.39, 0.29) is 30.1 Å². The summed E-state index contributed by atoms with van der Waals surface area (Å²) in [6, 6.07) is 3.38. The van der Waals surface area contributed by atoms with Gasteiger partial charge in [-0.3, -0.25) is 9.78 Å². The summed E-state index contributed by atoms with van der Waals surface area (Å²) < 4.78 is 66.1. The van der Waals surface area contributed by atoms with Gasteiger partial charge in [-0.05, 0) is 61.4 Å². The summed E-state index contributed by atoms with van der Waals surface area (Å²) in [5.74, 6) is -2.93. The van der Waals surface area contributed by atoms with Gasteiger partial charge in [-0.2, -0.15) is 21.6 Å². The molecule has 1 N–H and O–H groups in total. The number of halogens is 3. The lowest BCUT2D eigenvalue weighted by Crippen LogP contribution is -2.42. The molecule has 2 heterocycles. The van der Waals surface area contributed by atoms with Crippen molar-refractivity contribution in [3.63, 3.8) is 0 Å². The van der Waals surface area contributed by atoms with Crippen molar-refractivity contribution in [2.24, 2.45) is 0 Å². The molecule has 1 aliphatic heterocycles. The quantitative estimate of drug-likeness (QED) is 0.495. The van der Waals surface area contributed by atoms with Gasteiger partial charge in [-0.1, -0.05) is 6.92 Å². The van der Waals surface area contributed by atoms with Gasteiger partial charge in [0.2, 0.25) is 0 Å². The van der Waals surface area contributed by atoms with Crippen LogP contribution in [0.4, 0.5) is 13.2 Å². The number of rotatable bonds is 5. The van der Waals surface area contributed by atoms with E-state index in [9.17, 15) is 36.3 Å². The summed E-state index contributed by atoms with van der Waals surface area (Å²) in [5.41, 5.74) is -3.71. The van der Waals surface area contributed by atoms with Gasteiger partial charge in [0.25, 0.3) is 5.91 Å². The molecular weight excluding hydrogens is 477 g/mol. The van der Waals surface area contributed by atoms with Crippen LogP contribution in [0, 0.1) is 0 Å². The Bertz CT molecular complexity index is 1280. The average molecular weight is 498 g/mol. The van der Waals surface area contributed by atoms with Crippen LogP contribution in [0.1, 0.15) is 68.9 Å². The van der Waals surface area contributed by atoms with E-state index in [2.05, 4.69) is 9.17 Å². The minimum absolute atomic E-state index is 0.00122. The van der Waals surface area contributed by atoms with Crippen LogP contribution in [-0.4, -0.2) is 47.3 Å². The van der Waals surface area contributed by atoms with E-state index in [1.165, 1.54) is 0 Å². The van der Waals surface area contributed by atoms with Gasteiger partial charge in [0.1, 0.15) is 5.75 Å². The molecule has 2 aromatic rings. The van der Waals surface area contributed by atoms with Crippen molar-refractivity contribution in [2.75, 3.05) is 6.54 Å². The Balaban J connectivity index is 1.77. The van der Waals surface area contributed by atoms with E-state index in [1.807, 2.05) is 13.0 Å². The first-order valence-corrected chi connectivity index (χ1v) is 12.0. The van der Waals surface area contributed by atoms with Crippen molar-refractivity contribution >= 4 is 22.0 Å². The lowest BCUT2D eigenvalue weighted by Gasteiger charge is -2.39. The average Bonchev–Trinajstić information content (AvgIpc) is 2.78. The Hall–Kier alpha value is -3.15. The standard InChI is InChI=1S/C22H21F3N2O6S/c1-2-14-10-16-12(11-26-14)4-3-5-18(16)27-7-6-15-17(20(27)28)8-13(21(29)30)9-19(15)33-34(31,32)22(23,24)25/h8-11,18H,2-7H2,1H3,(H,29,30)/t18-/m0/s1. The molecular formula is C22H21F3N2O6S. The molecule has 34 heavy (non-hydrogen) atoms. The smallest absolute Gasteiger partial charge is 0.478 e. The molecule has 2 aliphatic rings. The van der Waals surface area contributed by atoms with Crippen molar-refractivity contribution in [1.82, 2.24) is 9.88 Å². The van der Waals surface area contributed by atoms with Gasteiger partial charge < -0.3 is 14.2 Å². The first-order chi connectivity index (χ1) is 15.9. The van der Waals surface area contributed by atoms with Gasteiger partial charge in [0.15, 0.2) is 0 Å².